The van der Waals surface area contributed by atoms with Gasteiger partial charge in [-0.25, -0.2) is 0 Å². The molecule has 0 saturated carbocycles. The number of hydrogen-bond donors (Lipinski definition) is 2. The molecule has 0 aromatic heterocycles. The van der Waals surface area contributed by atoms with Crippen molar-refractivity contribution < 1.29 is 47.1 Å². The minimum atomic E-state index is -1.33. The molecule has 0 aromatic carbocycles. The third-order valence-electron chi connectivity index (χ3n) is 1.18. The zero-order valence-electron chi connectivity index (χ0n) is 7.88. The van der Waals surface area contributed by atoms with Crippen molar-refractivity contribution in [2.45, 2.75) is 12.1 Å². The smallest absolute Gasteiger partial charge is 0.548 e. The summed E-state index contributed by atoms with van der Waals surface area (Å²) in [6.07, 6.45) is 0. The Bertz CT molecular complexity index is 197. The average Bonchev–Trinajstić information content (AvgIpc) is 2.11. The van der Waals surface area contributed by atoms with Crippen molar-refractivity contribution in [3.8, 4) is 0 Å². The predicted molar refractivity (Wildman–Crippen MR) is 50.9 cm³/mol. The Morgan fingerprint density at radius 3 is 1.47 bits per heavy atom. The molecule has 0 aromatic rings. The Morgan fingerprint density at radius 2 is 1.27 bits per heavy atom. The Labute approximate surface area is 115 Å². The molecule has 0 spiro atoms. The van der Waals surface area contributed by atoms with Crippen molar-refractivity contribution in [1.82, 2.24) is 0 Å². The van der Waals surface area contributed by atoms with E-state index in [9.17, 15) is 19.8 Å². The maximum absolute atomic E-state index is 10.1. The fraction of sp³-hybridized carbons (Fsp3) is 0.667. The van der Waals surface area contributed by atoms with E-state index in [1.807, 2.05) is 0 Å². The third kappa shape index (κ3) is 9.41. The summed E-state index contributed by atoms with van der Waals surface area (Å²) in [6, 6.07) is -2.10. The van der Waals surface area contributed by atoms with E-state index < -0.39 is 24.0 Å². The zero-order chi connectivity index (χ0) is 11.1. The van der Waals surface area contributed by atoms with Crippen LogP contribution in [0.15, 0.2) is 0 Å². The Balaban J connectivity index is 0. The van der Waals surface area contributed by atoms with Gasteiger partial charge in [-0.15, -0.1) is 0 Å². The van der Waals surface area contributed by atoms with Crippen LogP contribution < -0.4 is 21.7 Å². The van der Waals surface area contributed by atoms with Gasteiger partial charge in [0.1, 0.15) is 0 Å². The first-order valence-electron chi connectivity index (χ1n) is 3.62. The summed E-state index contributed by atoms with van der Waals surface area (Å²) in [4.78, 5) is 20.3. The molecule has 9 heteroatoms. The van der Waals surface area contributed by atoms with Gasteiger partial charge in [0.2, 0.25) is 0 Å². The van der Waals surface area contributed by atoms with Crippen LogP contribution in [0.25, 0.3) is 0 Å². The first-order chi connectivity index (χ1) is 6.45. The van der Waals surface area contributed by atoms with Gasteiger partial charge in [0.25, 0.3) is 0 Å². The third-order valence-corrected chi connectivity index (χ3v) is 3.66. The van der Waals surface area contributed by atoms with Crippen molar-refractivity contribution in [2.24, 2.45) is 11.5 Å². The van der Waals surface area contributed by atoms with Crippen LogP contribution in [0, 0.1) is 0 Å². The van der Waals surface area contributed by atoms with Crippen molar-refractivity contribution in [3.05, 3.63) is 0 Å². The zero-order valence-corrected chi connectivity index (χ0v) is 13.5. The molecule has 0 aliphatic carbocycles. The van der Waals surface area contributed by atoms with Crippen LogP contribution in [0.4, 0.5) is 0 Å². The van der Waals surface area contributed by atoms with Gasteiger partial charge in [0.05, 0.1) is 24.0 Å². The number of carbonyl (C=O) groups is 2. The summed E-state index contributed by atoms with van der Waals surface area (Å²) >= 11 is 0. The van der Waals surface area contributed by atoms with Crippen molar-refractivity contribution in [1.29, 1.82) is 0 Å². The topological polar surface area (TPSA) is 132 Å². The fourth-order valence-electron chi connectivity index (χ4n) is 0.379. The van der Waals surface area contributed by atoms with Crippen molar-refractivity contribution >= 4 is 33.5 Å². The summed E-state index contributed by atoms with van der Waals surface area (Å²) < 4.78 is 0. The van der Waals surface area contributed by atoms with E-state index >= 15 is 0 Å². The SMILES string of the molecule is N[C@@H](CSSC[C@H](N)C(=O)[O-])C(=O)[O-].[Cd+2]. The van der Waals surface area contributed by atoms with Gasteiger partial charge in [-0.1, -0.05) is 21.6 Å². The summed E-state index contributed by atoms with van der Waals surface area (Å²) in [5.41, 5.74) is 10.3. The first kappa shape index (κ1) is 17.9. The molecule has 0 aliphatic heterocycles. The molecule has 0 bridgehead atoms. The number of carboxylic acids is 2. The van der Waals surface area contributed by atoms with Crippen LogP contribution in [0.2, 0.25) is 0 Å². The monoisotopic (exact) mass is 352 g/mol. The first-order valence-corrected chi connectivity index (χ1v) is 6.11. The van der Waals surface area contributed by atoms with Gasteiger partial charge in [-0.3, -0.25) is 0 Å². The van der Waals surface area contributed by atoms with Crippen LogP contribution in [-0.2, 0) is 36.9 Å². The van der Waals surface area contributed by atoms with E-state index in [4.69, 9.17) is 11.5 Å². The van der Waals surface area contributed by atoms with E-state index in [0.29, 0.717) is 0 Å². The van der Waals surface area contributed by atoms with Gasteiger partial charge in [0.15, 0.2) is 0 Å². The van der Waals surface area contributed by atoms with Crippen molar-refractivity contribution in [3.63, 3.8) is 0 Å². The van der Waals surface area contributed by atoms with Crippen LogP contribution in [0.1, 0.15) is 0 Å². The molecule has 0 unspecified atom stereocenters. The van der Waals surface area contributed by atoms with Gasteiger partial charge in [-0.05, 0) is 0 Å². The van der Waals surface area contributed by atoms with E-state index in [0.717, 1.165) is 21.6 Å². The Kier molecular flexibility index (Phi) is 11.5. The van der Waals surface area contributed by atoms with E-state index in [1.54, 1.807) is 0 Å². The molecule has 0 heterocycles. The van der Waals surface area contributed by atoms with E-state index in [-0.39, 0.29) is 38.8 Å². The largest absolute Gasteiger partial charge is 2.00 e. The molecule has 4 N–H and O–H groups in total. The molecule has 0 radical (unpaired) electrons. The summed E-state index contributed by atoms with van der Waals surface area (Å²) in [7, 11) is 2.27. The van der Waals surface area contributed by atoms with Gasteiger partial charge >= 0.3 is 27.3 Å². The number of nitrogens with two attached hydrogens (primary N) is 2. The maximum Gasteiger partial charge on any atom is 2.00 e. The Morgan fingerprint density at radius 1 is 1.00 bits per heavy atom. The quantitative estimate of drug-likeness (QED) is 0.275. The molecule has 15 heavy (non-hydrogen) atoms. The Hall–Kier alpha value is 0.482. The fourth-order valence-corrected chi connectivity index (χ4v) is 2.59. The molecule has 0 fully saturated rings. The molecule has 0 saturated heterocycles. The van der Waals surface area contributed by atoms with Gasteiger partial charge in [0, 0.05) is 11.5 Å². The van der Waals surface area contributed by atoms with Crippen LogP contribution in [0.3, 0.4) is 0 Å². The standard InChI is InChI=1S/C6H12N2O4S2.Cd/c7-3(5(9)10)1-13-14-2-4(8)6(11)12;/h3-4H,1-2,7-8H2,(H,9,10)(H,11,12);/q;+2/p-2/t3-,4-;/m0./s1. The molecular formula is C6H10CdN2O4S2. The average molecular weight is 351 g/mol. The van der Waals surface area contributed by atoms with Crippen molar-refractivity contribution in [2.75, 3.05) is 11.5 Å². The number of aliphatic carboxylic acids is 2. The molecule has 6 nitrogen and oxygen atoms in total. The second kappa shape index (κ2) is 9.69. The number of hydrogen-bond acceptors (Lipinski definition) is 8. The second-order valence-corrected chi connectivity index (χ2v) is 4.97. The minimum absolute atomic E-state index is 0. The molecule has 0 rings (SSSR count). The van der Waals surface area contributed by atoms with Gasteiger partial charge < -0.3 is 31.3 Å². The van der Waals surface area contributed by atoms with E-state index in [2.05, 4.69) is 0 Å². The molecular weight excluding hydrogens is 341 g/mol. The second-order valence-electron chi connectivity index (χ2n) is 2.42. The summed E-state index contributed by atoms with van der Waals surface area (Å²) in [6.45, 7) is 0. The molecule has 0 aliphatic rings. The number of rotatable bonds is 7. The van der Waals surface area contributed by atoms with Crippen LogP contribution >= 0.6 is 21.6 Å². The molecule has 82 valence electrons. The molecule has 2 atom stereocenters. The minimum Gasteiger partial charge on any atom is -0.548 e. The van der Waals surface area contributed by atoms with E-state index in [1.165, 1.54) is 0 Å². The maximum atomic E-state index is 10.1. The summed E-state index contributed by atoms with van der Waals surface area (Å²) in [5.74, 6) is -2.37. The van der Waals surface area contributed by atoms with Crippen LogP contribution in [0.5, 0.6) is 0 Å². The molecule has 0 amide bonds. The summed E-state index contributed by atoms with van der Waals surface area (Å²) in [5, 5.41) is 20.3. The number of carboxylic acid groups (broad SMARTS) is 2. The number of carbonyl (C=O) groups excluding carboxylic acids is 2. The predicted octanol–water partition coefficient (Wildman–Crippen LogP) is -3.48. The normalized spacial score (nSPS) is 13.7. The van der Waals surface area contributed by atoms with Gasteiger partial charge in [-0.2, -0.15) is 0 Å². The van der Waals surface area contributed by atoms with Crippen LogP contribution in [-0.4, -0.2) is 35.5 Å².